The second-order valence-electron chi connectivity index (χ2n) is 5.23. The Kier molecular flexibility index (Phi) is 6.30. The summed E-state index contributed by atoms with van der Waals surface area (Å²) in [4.78, 5) is 2.55. The molecule has 2 unspecified atom stereocenters. The number of hydrogen-bond acceptors (Lipinski definition) is 4. The minimum Gasteiger partial charge on any atom is -0.385 e. The molecule has 5 nitrogen and oxygen atoms in total. The molecule has 0 saturated carbocycles. The van der Waals surface area contributed by atoms with Crippen LogP contribution in [-0.2, 0) is 9.47 Å². The van der Waals surface area contributed by atoms with E-state index >= 15 is 0 Å². The summed E-state index contributed by atoms with van der Waals surface area (Å²) in [7, 11) is 1.71. The molecule has 0 aliphatic carbocycles. The Morgan fingerprint density at radius 2 is 2.37 bits per heavy atom. The first-order chi connectivity index (χ1) is 9.29. The van der Waals surface area contributed by atoms with Crippen LogP contribution in [0.3, 0.4) is 0 Å². The number of methoxy groups -OCH3 is 1. The first kappa shape index (κ1) is 15.0. The van der Waals surface area contributed by atoms with Gasteiger partial charge >= 0.3 is 0 Å². The molecular weight excluding hydrogens is 262 g/mol. The number of thiocarbonyl (C=S) groups is 1. The molecule has 2 N–H and O–H groups in total. The first-order valence-corrected chi connectivity index (χ1v) is 7.56. The lowest BCUT2D eigenvalue weighted by molar-refractivity contribution is -0.0452. The number of ether oxygens (including phenoxy) is 2. The summed E-state index contributed by atoms with van der Waals surface area (Å²) in [6.45, 7) is 5.53. The number of rotatable bonds is 6. The van der Waals surface area contributed by atoms with Crippen LogP contribution < -0.4 is 10.6 Å². The fourth-order valence-corrected chi connectivity index (χ4v) is 2.88. The van der Waals surface area contributed by atoms with Gasteiger partial charge in [-0.25, -0.2) is 0 Å². The van der Waals surface area contributed by atoms with E-state index in [1.807, 2.05) is 0 Å². The smallest absolute Gasteiger partial charge is 0.166 e. The molecule has 0 radical (unpaired) electrons. The Hall–Kier alpha value is -0.430. The molecule has 0 bridgehead atoms. The zero-order valence-electron chi connectivity index (χ0n) is 11.7. The topological polar surface area (TPSA) is 45.8 Å². The minimum atomic E-state index is 0.257. The van der Waals surface area contributed by atoms with Gasteiger partial charge in [-0.05, 0) is 38.0 Å². The van der Waals surface area contributed by atoms with Gasteiger partial charge < -0.3 is 20.1 Å². The molecule has 6 heteroatoms. The maximum Gasteiger partial charge on any atom is 0.166 e. The second-order valence-corrected chi connectivity index (χ2v) is 5.64. The molecule has 2 rings (SSSR count). The van der Waals surface area contributed by atoms with Crippen LogP contribution in [0.25, 0.3) is 0 Å². The first-order valence-electron chi connectivity index (χ1n) is 7.16. The van der Waals surface area contributed by atoms with Crippen LogP contribution in [0.5, 0.6) is 0 Å². The molecule has 2 atom stereocenters. The van der Waals surface area contributed by atoms with E-state index in [0.717, 1.165) is 39.3 Å². The van der Waals surface area contributed by atoms with Crippen molar-refractivity contribution in [3.8, 4) is 0 Å². The quantitative estimate of drug-likeness (QED) is 0.543. The fraction of sp³-hybridized carbons (Fsp3) is 0.923. The zero-order valence-corrected chi connectivity index (χ0v) is 12.5. The van der Waals surface area contributed by atoms with Crippen LogP contribution in [0.15, 0.2) is 0 Å². The zero-order chi connectivity index (χ0) is 13.5. The Balaban J connectivity index is 1.56. The maximum atomic E-state index is 5.87. The maximum absolute atomic E-state index is 5.87. The largest absolute Gasteiger partial charge is 0.385 e. The Morgan fingerprint density at radius 1 is 1.47 bits per heavy atom. The van der Waals surface area contributed by atoms with Crippen LogP contribution in [0.2, 0.25) is 0 Å². The molecule has 0 spiro atoms. The van der Waals surface area contributed by atoms with Crippen LogP contribution >= 0.6 is 12.2 Å². The number of nitrogens with one attached hydrogen (secondary N) is 2. The van der Waals surface area contributed by atoms with Gasteiger partial charge in [0.15, 0.2) is 5.11 Å². The van der Waals surface area contributed by atoms with E-state index in [1.165, 1.54) is 19.4 Å². The highest BCUT2D eigenvalue weighted by atomic mass is 32.1. The summed E-state index contributed by atoms with van der Waals surface area (Å²) >= 11 is 5.23. The van der Waals surface area contributed by atoms with Crippen molar-refractivity contribution >= 4 is 17.3 Å². The lowest BCUT2D eigenvalue weighted by atomic mass is 10.2. The molecule has 0 aromatic rings. The molecule has 0 amide bonds. The predicted octanol–water partition coefficient (Wildman–Crippen LogP) is 0.350. The third-order valence-electron chi connectivity index (χ3n) is 3.76. The summed E-state index contributed by atoms with van der Waals surface area (Å²) in [5, 5.41) is 7.12. The number of morpholine rings is 1. The van der Waals surface area contributed by atoms with Crippen LogP contribution in [-0.4, -0.2) is 68.7 Å². The van der Waals surface area contributed by atoms with E-state index in [4.69, 9.17) is 21.7 Å². The van der Waals surface area contributed by atoms with Gasteiger partial charge in [-0.15, -0.1) is 0 Å². The van der Waals surface area contributed by atoms with Crippen molar-refractivity contribution in [3.05, 3.63) is 0 Å². The van der Waals surface area contributed by atoms with Crippen LogP contribution in [0, 0.1) is 0 Å². The predicted molar refractivity (Wildman–Crippen MR) is 79.4 cm³/mol. The van der Waals surface area contributed by atoms with Crippen molar-refractivity contribution in [2.75, 3.05) is 46.5 Å². The minimum absolute atomic E-state index is 0.257. The number of hydrogen-bond donors (Lipinski definition) is 2. The van der Waals surface area contributed by atoms with E-state index in [-0.39, 0.29) is 6.10 Å². The van der Waals surface area contributed by atoms with Crippen LogP contribution in [0.1, 0.15) is 19.3 Å². The highest BCUT2D eigenvalue weighted by Gasteiger charge is 2.31. The highest BCUT2D eigenvalue weighted by Crippen LogP contribution is 2.22. The SMILES string of the molecule is COCCCNC(=S)NCC1CN2CCCC2CO1. The molecule has 0 aromatic heterocycles. The van der Waals surface area contributed by atoms with Gasteiger partial charge in [-0.1, -0.05) is 0 Å². The molecule has 0 aromatic carbocycles. The summed E-state index contributed by atoms with van der Waals surface area (Å²) in [6.07, 6.45) is 3.83. The van der Waals surface area contributed by atoms with Crippen molar-refractivity contribution in [3.63, 3.8) is 0 Å². The van der Waals surface area contributed by atoms with Crippen LogP contribution in [0.4, 0.5) is 0 Å². The molecule has 2 heterocycles. The van der Waals surface area contributed by atoms with Gasteiger partial charge in [0, 0.05) is 39.4 Å². The number of fused-ring (bicyclic) bond motifs is 1. The van der Waals surface area contributed by atoms with Gasteiger partial charge in [0.1, 0.15) is 0 Å². The average Bonchev–Trinajstić information content (AvgIpc) is 2.89. The molecule has 19 heavy (non-hydrogen) atoms. The Morgan fingerprint density at radius 3 is 3.21 bits per heavy atom. The molecule has 110 valence electrons. The van der Waals surface area contributed by atoms with Gasteiger partial charge in [-0.3, -0.25) is 4.90 Å². The molecule has 2 fully saturated rings. The fourth-order valence-electron chi connectivity index (χ4n) is 2.70. The van der Waals surface area contributed by atoms with Gasteiger partial charge in [0.2, 0.25) is 0 Å². The van der Waals surface area contributed by atoms with E-state index in [2.05, 4.69) is 15.5 Å². The van der Waals surface area contributed by atoms with E-state index in [9.17, 15) is 0 Å². The molecule has 2 aliphatic heterocycles. The lowest BCUT2D eigenvalue weighted by Gasteiger charge is -2.35. The Bertz CT molecular complexity index is 291. The highest BCUT2D eigenvalue weighted by molar-refractivity contribution is 7.80. The van der Waals surface area contributed by atoms with Crippen molar-refractivity contribution in [2.45, 2.75) is 31.4 Å². The summed E-state index contributed by atoms with van der Waals surface area (Å²) in [5.74, 6) is 0. The molecule has 2 saturated heterocycles. The van der Waals surface area contributed by atoms with E-state index in [0.29, 0.717) is 11.2 Å². The van der Waals surface area contributed by atoms with Gasteiger partial charge in [-0.2, -0.15) is 0 Å². The van der Waals surface area contributed by atoms with Crippen molar-refractivity contribution < 1.29 is 9.47 Å². The van der Waals surface area contributed by atoms with Crippen molar-refractivity contribution in [1.82, 2.24) is 15.5 Å². The monoisotopic (exact) mass is 287 g/mol. The normalized spacial score (nSPS) is 27.0. The summed E-state index contributed by atoms with van der Waals surface area (Å²) < 4.78 is 10.9. The Labute approximate surface area is 121 Å². The lowest BCUT2D eigenvalue weighted by Crippen LogP contribution is -2.51. The summed E-state index contributed by atoms with van der Waals surface area (Å²) in [5.41, 5.74) is 0. The third kappa shape index (κ3) is 4.87. The third-order valence-corrected chi connectivity index (χ3v) is 4.05. The van der Waals surface area contributed by atoms with E-state index in [1.54, 1.807) is 7.11 Å². The molecular formula is C13H25N3O2S. The van der Waals surface area contributed by atoms with Crippen molar-refractivity contribution in [2.24, 2.45) is 0 Å². The van der Waals surface area contributed by atoms with Gasteiger partial charge in [0.25, 0.3) is 0 Å². The second kappa shape index (κ2) is 7.99. The van der Waals surface area contributed by atoms with E-state index < -0.39 is 0 Å². The standard InChI is InChI=1S/C13H25N3O2S/c1-17-7-3-5-14-13(19)15-8-12-9-16-6-2-4-11(16)10-18-12/h11-12H,2-10H2,1H3,(H2,14,15,19). The molecule has 2 aliphatic rings. The van der Waals surface area contributed by atoms with Crippen molar-refractivity contribution in [1.29, 1.82) is 0 Å². The average molecular weight is 287 g/mol. The summed E-state index contributed by atoms with van der Waals surface area (Å²) in [6, 6.07) is 0.662. The van der Waals surface area contributed by atoms with Gasteiger partial charge in [0.05, 0.1) is 12.7 Å². The number of nitrogens with zero attached hydrogens (tertiary/aromatic N) is 1.